The standard InChI is InChI=1S/C12H26N2S/c1-15-10-5-3-2-4-8-14-9-6-7-12(13)11-14/h12H,2-11,13H2,1H3. The van der Waals surface area contributed by atoms with Crippen molar-refractivity contribution >= 4 is 11.8 Å². The van der Waals surface area contributed by atoms with E-state index in [-0.39, 0.29) is 0 Å². The SMILES string of the molecule is CSCCCCCCN1CCCC(N)C1. The first-order chi connectivity index (χ1) is 7.33. The molecule has 0 radical (unpaired) electrons. The molecule has 0 amide bonds. The number of piperidine rings is 1. The highest BCUT2D eigenvalue weighted by Crippen LogP contribution is 2.10. The van der Waals surface area contributed by atoms with E-state index in [0.717, 1.165) is 6.54 Å². The van der Waals surface area contributed by atoms with Crippen LogP contribution in [0.4, 0.5) is 0 Å². The first-order valence-corrected chi connectivity index (χ1v) is 7.69. The van der Waals surface area contributed by atoms with E-state index in [4.69, 9.17) is 5.73 Å². The van der Waals surface area contributed by atoms with E-state index in [1.807, 2.05) is 11.8 Å². The first-order valence-electron chi connectivity index (χ1n) is 6.30. The van der Waals surface area contributed by atoms with Crippen molar-refractivity contribution in [2.45, 2.75) is 44.6 Å². The molecule has 0 aromatic rings. The van der Waals surface area contributed by atoms with Crippen LogP contribution in [0, 0.1) is 0 Å². The van der Waals surface area contributed by atoms with Gasteiger partial charge in [0.1, 0.15) is 0 Å². The number of thioether (sulfide) groups is 1. The van der Waals surface area contributed by atoms with Crippen LogP contribution in [0.3, 0.4) is 0 Å². The predicted molar refractivity (Wildman–Crippen MR) is 70.5 cm³/mol. The molecular formula is C12H26N2S. The highest BCUT2D eigenvalue weighted by atomic mass is 32.2. The lowest BCUT2D eigenvalue weighted by atomic mass is 10.1. The highest BCUT2D eigenvalue weighted by Gasteiger charge is 2.15. The fourth-order valence-corrected chi connectivity index (χ4v) is 2.72. The maximum absolute atomic E-state index is 5.95. The Balaban J connectivity index is 1.90. The molecule has 2 N–H and O–H groups in total. The monoisotopic (exact) mass is 230 g/mol. The maximum atomic E-state index is 5.95. The minimum Gasteiger partial charge on any atom is -0.327 e. The molecule has 0 aromatic heterocycles. The van der Waals surface area contributed by atoms with Gasteiger partial charge in [-0.1, -0.05) is 12.8 Å². The Bertz CT molecular complexity index is 153. The number of unbranched alkanes of at least 4 members (excludes halogenated alkanes) is 3. The Hall–Kier alpha value is 0.270. The smallest absolute Gasteiger partial charge is 0.0168 e. The van der Waals surface area contributed by atoms with Crippen LogP contribution in [-0.2, 0) is 0 Å². The zero-order chi connectivity index (χ0) is 10.9. The second-order valence-electron chi connectivity index (χ2n) is 4.61. The zero-order valence-electron chi connectivity index (χ0n) is 10.1. The van der Waals surface area contributed by atoms with Crippen molar-refractivity contribution in [2.24, 2.45) is 5.73 Å². The van der Waals surface area contributed by atoms with Crippen molar-refractivity contribution in [1.82, 2.24) is 4.90 Å². The van der Waals surface area contributed by atoms with Crippen molar-refractivity contribution in [3.8, 4) is 0 Å². The van der Waals surface area contributed by atoms with E-state index >= 15 is 0 Å². The van der Waals surface area contributed by atoms with Gasteiger partial charge in [0.2, 0.25) is 0 Å². The van der Waals surface area contributed by atoms with Crippen LogP contribution in [0.2, 0.25) is 0 Å². The Kier molecular flexibility index (Phi) is 7.49. The summed E-state index contributed by atoms with van der Waals surface area (Å²) in [7, 11) is 0. The summed E-state index contributed by atoms with van der Waals surface area (Å²) in [4.78, 5) is 2.54. The summed E-state index contributed by atoms with van der Waals surface area (Å²) in [6, 6.07) is 0.440. The van der Waals surface area contributed by atoms with Gasteiger partial charge in [-0.2, -0.15) is 11.8 Å². The van der Waals surface area contributed by atoms with Gasteiger partial charge in [0.25, 0.3) is 0 Å². The van der Waals surface area contributed by atoms with Crippen LogP contribution in [0.25, 0.3) is 0 Å². The molecule has 0 spiro atoms. The molecule has 1 saturated heterocycles. The molecule has 0 bridgehead atoms. The minimum absolute atomic E-state index is 0.440. The van der Waals surface area contributed by atoms with Gasteiger partial charge in [-0.15, -0.1) is 0 Å². The van der Waals surface area contributed by atoms with Gasteiger partial charge < -0.3 is 10.6 Å². The van der Waals surface area contributed by atoms with Gasteiger partial charge in [0, 0.05) is 12.6 Å². The summed E-state index contributed by atoms with van der Waals surface area (Å²) in [6.07, 6.45) is 10.3. The summed E-state index contributed by atoms with van der Waals surface area (Å²) >= 11 is 1.96. The largest absolute Gasteiger partial charge is 0.327 e. The van der Waals surface area contributed by atoms with E-state index in [1.165, 1.54) is 57.4 Å². The number of rotatable bonds is 7. The summed E-state index contributed by atoms with van der Waals surface area (Å²) in [6.45, 7) is 3.68. The third-order valence-corrected chi connectivity index (χ3v) is 3.81. The van der Waals surface area contributed by atoms with Crippen molar-refractivity contribution in [2.75, 3.05) is 31.6 Å². The molecule has 1 rings (SSSR count). The van der Waals surface area contributed by atoms with Gasteiger partial charge in [0.15, 0.2) is 0 Å². The summed E-state index contributed by atoms with van der Waals surface area (Å²) < 4.78 is 0. The number of hydrogen-bond acceptors (Lipinski definition) is 3. The topological polar surface area (TPSA) is 29.3 Å². The normalized spacial score (nSPS) is 23.2. The van der Waals surface area contributed by atoms with Crippen molar-refractivity contribution in [3.05, 3.63) is 0 Å². The molecule has 1 atom stereocenters. The Morgan fingerprint density at radius 3 is 2.80 bits per heavy atom. The molecule has 3 heteroatoms. The van der Waals surface area contributed by atoms with E-state index in [0.29, 0.717) is 6.04 Å². The molecule has 1 heterocycles. The second kappa shape index (κ2) is 8.43. The fourth-order valence-electron chi connectivity index (χ4n) is 2.23. The highest BCUT2D eigenvalue weighted by molar-refractivity contribution is 7.98. The third-order valence-electron chi connectivity index (χ3n) is 3.11. The molecule has 1 aliphatic heterocycles. The number of hydrogen-bond donors (Lipinski definition) is 1. The van der Waals surface area contributed by atoms with Crippen LogP contribution in [0.15, 0.2) is 0 Å². The van der Waals surface area contributed by atoms with Crippen LogP contribution in [0.1, 0.15) is 38.5 Å². The van der Waals surface area contributed by atoms with Crippen LogP contribution in [0.5, 0.6) is 0 Å². The molecular weight excluding hydrogens is 204 g/mol. The number of likely N-dealkylation sites (tertiary alicyclic amines) is 1. The Morgan fingerprint density at radius 1 is 1.27 bits per heavy atom. The van der Waals surface area contributed by atoms with Gasteiger partial charge in [-0.3, -0.25) is 0 Å². The van der Waals surface area contributed by atoms with Gasteiger partial charge in [0.05, 0.1) is 0 Å². The van der Waals surface area contributed by atoms with Gasteiger partial charge in [-0.25, -0.2) is 0 Å². The Morgan fingerprint density at radius 2 is 2.07 bits per heavy atom. The molecule has 0 saturated carbocycles. The lowest BCUT2D eigenvalue weighted by Crippen LogP contribution is -2.43. The van der Waals surface area contributed by atoms with Gasteiger partial charge >= 0.3 is 0 Å². The molecule has 1 aliphatic rings. The predicted octanol–water partition coefficient (Wildman–Crippen LogP) is 2.33. The van der Waals surface area contributed by atoms with E-state index < -0.39 is 0 Å². The fraction of sp³-hybridized carbons (Fsp3) is 1.00. The van der Waals surface area contributed by atoms with Crippen molar-refractivity contribution in [1.29, 1.82) is 0 Å². The van der Waals surface area contributed by atoms with E-state index in [9.17, 15) is 0 Å². The average molecular weight is 230 g/mol. The zero-order valence-corrected chi connectivity index (χ0v) is 10.9. The van der Waals surface area contributed by atoms with Crippen LogP contribution < -0.4 is 5.73 Å². The molecule has 1 fully saturated rings. The summed E-state index contributed by atoms with van der Waals surface area (Å²) in [5, 5.41) is 0. The first kappa shape index (κ1) is 13.3. The van der Waals surface area contributed by atoms with Crippen LogP contribution in [-0.4, -0.2) is 42.6 Å². The van der Waals surface area contributed by atoms with Crippen molar-refractivity contribution < 1.29 is 0 Å². The van der Waals surface area contributed by atoms with Crippen molar-refractivity contribution in [3.63, 3.8) is 0 Å². The molecule has 15 heavy (non-hydrogen) atoms. The van der Waals surface area contributed by atoms with Gasteiger partial charge in [-0.05, 0) is 50.8 Å². The molecule has 0 aromatic carbocycles. The number of nitrogens with zero attached hydrogens (tertiary/aromatic N) is 1. The lowest BCUT2D eigenvalue weighted by Gasteiger charge is -2.30. The molecule has 2 nitrogen and oxygen atoms in total. The maximum Gasteiger partial charge on any atom is 0.0168 e. The van der Waals surface area contributed by atoms with E-state index in [1.54, 1.807) is 0 Å². The van der Waals surface area contributed by atoms with E-state index in [2.05, 4.69) is 11.2 Å². The average Bonchev–Trinajstić information content (AvgIpc) is 2.23. The van der Waals surface area contributed by atoms with Crippen LogP contribution >= 0.6 is 11.8 Å². The molecule has 90 valence electrons. The summed E-state index contributed by atoms with van der Waals surface area (Å²) in [5.41, 5.74) is 5.95. The molecule has 1 unspecified atom stereocenters. The Labute approximate surface area is 99.0 Å². The molecule has 0 aliphatic carbocycles. The number of nitrogens with two attached hydrogens (primary N) is 1. The minimum atomic E-state index is 0.440. The quantitative estimate of drug-likeness (QED) is 0.681. The summed E-state index contributed by atoms with van der Waals surface area (Å²) in [5.74, 6) is 1.33. The lowest BCUT2D eigenvalue weighted by molar-refractivity contribution is 0.205. The third kappa shape index (κ3) is 6.44. The second-order valence-corrected chi connectivity index (χ2v) is 5.60.